The molecule has 0 saturated heterocycles. The fourth-order valence-electron chi connectivity index (χ4n) is 1.03. The topological polar surface area (TPSA) is 41.6 Å². The Kier molecular flexibility index (Phi) is 1.63. The molecule has 0 aliphatic carbocycles. The minimum absolute atomic E-state index is 0.863. The predicted octanol–water partition coefficient (Wildman–Crippen LogP) is 1.78. The zero-order chi connectivity index (χ0) is 8.39. The third-order valence-corrected chi connectivity index (χ3v) is 1.68. The summed E-state index contributed by atoms with van der Waals surface area (Å²) in [6, 6.07) is 3.97. The molecule has 3 nitrogen and oxygen atoms in total. The van der Waals surface area contributed by atoms with Crippen LogP contribution in [0.25, 0.3) is 11.4 Å². The van der Waals surface area contributed by atoms with E-state index in [2.05, 4.69) is 15.0 Å². The summed E-state index contributed by atoms with van der Waals surface area (Å²) >= 11 is 0. The van der Waals surface area contributed by atoms with E-state index in [9.17, 15) is 0 Å². The minimum Gasteiger partial charge on any atom is -0.345 e. The Morgan fingerprint density at radius 2 is 2.17 bits per heavy atom. The molecule has 0 radical (unpaired) electrons. The molecule has 0 bridgehead atoms. The second-order valence-electron chi connectivity index (χ2n) is 2.63. The fraction of sp³-hybridized carbons (Fsp3) is 0.111. The van der Waals surface area contributed by atoms with Gasteiger partial charge in [0.1, 0.15) is 5.82 Å². The van der Waals surface area contributed by atoms with E-state index in [1.165, 1.54) is 0 Å². The molecule has 0 spiro atoms. The number of aromatic amines is 1. The molecule has 0 aliphatic rings. The SMILES string of the molecule is Cc1ccc(-c2ncc[nH]2)cn1. The van der Waals surface area contributed by atoms with Gasteiger partial charge in [0.05, 0.1) is 0 Å². The van der Waals surface area contributed by atoms with Gasteiger partial charge in [0.2, 0.25) is 0 Å². The highest BCUT2D eigenvalue weighted by Gasteiger charge is 1.97. The Morgan fingerprint density at radius 3 is 2.75 bits per heavy atom. The average molecular weight is 159 g/mol. The number of hydrogen-bond donors (Lipinski definition) is 1. The molecule has 3 heteroatoms. The molecule has 12 heavy (non-hydrogen) atoms. The van der Waals surface area contributed by atoms with Crippen LogP contribution in [0, 0.1) is 6.92 Å². The Labute approximate surface area is 70.5 Å². The van der Waals surface area contributed by atoms with Crippen LogP contribution in [0.4, 0.5) is 0 Å². The van der Waals surface area contributed by atoms with Gasteiger partial charge in [-0.25, -0.2) is 4.98 Å². The third kappa shape index (κ3) is 1.21. The van der Waals surface area contributed by atoms with Gasteiger partial charge in [0, 0.05) is 29.8 Å². The van der Waals surface area contributed by atoms with Crippen LogP contribution in [-0.2, 0) is 0 Å². The first-order valence-electron chi connectivity index (χ1n) is 3.78. The summed E-state index contributed by atoms with van der Waals surface area (Å²) in [5.41, 5.74) is 2.04. The number of aromatic nitrogens is 3. The van der Waals surface area contributed by atoms with Crippen molar-refractivity contribution in [3.63, 3.8) is 0 Å². The van der Waals surface area contributed by atoms with E-state index >= 15 is 0 Å². The average Bonchev–Trinajstić information content (AvgIpc) is 2.58. The molecule has 0 saturated carbocycles. The van der Waals surface area contributed by atoms with Crippen molar-refractivity contribution in [3.05, 3.63) is 36.4 Å². The van der Waals surface area contributed by atoms with Crippen molar-refractivity contribution in [3.8, 4) is 11.4 Å². The Morgan fingerprint density at radius 1 is 1.25 bits per heavy atom. The second kappa shape index (κ2) is 2.77. The largest absolute Gasteiger partial charge is 0.345 e. The molecule has 2 heterocycles. The minimum atomic E-state index is 0.863. The molecule has 2 rings (SSSR count). The summed E-state index contributed by atoms with van der Waals surface area (Å²) in [7, 11) is 0. The number of imidazole rings is 1. The maximum atomic E-state index is 4.18. The van der Waals surface area contributed by atoms with Crippen LogP contribution in [-0.4, -0.2) is 15.0 Å². The van der Waals surface area contributed by atoms with Gasteiger partial charge in [-0.2, -0.15) is 0 Å². The molecular formula is C9H9N3. The first kappa shape index (κ1) is 7.03. The van der Waals surface area contributed by atoms with E-state index in [0.29, 0.717) is 0 Å². The molecule has 0 unspecified atom stereocenters. The summed E-state index contributed by atoms with van der Waals surface area (Å²) < 4.78 is 0. The zero-order valence-electron chi connectivity index (χ0n) is 6.78. The molecule has 0 aromatic carbocycles. The van der Waals surface area contributed by atoms with Gasteiger partial charge in [0.25, 0.3) is 0 Å². The molecule has 0 fully saturated rings. The van der Waals surface area contributed by atoms with Crippen LogP contribution in [0.2, 0.25) is 0 Å². The van der Waals surface area contributed by atoms with Crippen LogP contribution in [0.3, 0.4) is 0 Å². The van der Waals surface area contributed by atoms with Crippen LogP contribution in [0.5, 0.6) is 0 Å². The van der Waals surface area contributed by atoms with Gasteiger partial charge >= 0.3 is 0 Å². The number of H-pyrrole nitrogens is 1. The summed E-state index contributed by atoms with van der Waals surface area (Å²) in [5, 5.41) is 0. The lowest BCUT2D eigenvalue weighted by molar-refractivity contribution is 1.18. The first-order chi connectivity index (χ1) is 5.86. The number of nitrogens with one attached hydrogen (secondary N) is 1. The van der Waals surface area contributed by atoms with Crippen molar-refractivity contribution in [1.29, 1.82) is 0 Å². The van der Waals surface area contributed by atoms with Crippen molar-refractivity contribution >= 4 is 0 Å². The Bertz CT molecular complexity index is 348. The quantitative estimate of drug-likeness (QED) is 0.689. The number of pyridine rings is 1. The van der Waals surface area contributed by atoms with Gasteiger partial charge < -0.3 is 4.98 Å². The maximum absolute atomic E-state index is 4.18. The fourth-order valence-corrected chi connectivity index (χ4v) is 1.03. The van der Waals surface area contributed by atoms with Gasteiger partial charge in [-0.15, -0.1) is 0 Å². The smallest absolute Gasteiger partial charge is 0.138 e. The number of nitrogens with zero attached hydrogens (tertiary/aromatic N) is 2. The van der Waals surface area contributed by atoms with Crippen molar-refractivity contribution in [2.24, 2.45) is 0 Å². The van der Waals surface area contributed by atoms with E-state index < -0.39 is 0 Å². The zero-order valence-corrected chi connectivity index (χ0v) is 6.78. The lowest BCUT2D eigenvalue weighted by atomic mass is 10.2. The maximum Gasteiger partial charge on any atom is 0.138 e. The van der Waals surface area contributed by atoms with E-state index in [0.717, 1.165) is 17.1 Å². The third-order valence-electron chi connectivity index (χ3n) is 1.68. The van der Waals surface area contributed by atoms with E-state index in [1.807, 2.05) is 25.3 Å². The molecule has 2 aromatic rings. The van der Waals surface area contributed by atoms with Crippen molar-refractivity contribution in [2.45, 2.75) is 6.92 Å². The van der Waals surface area contributed by atoms with Gasteiger partial charge in [-0.05, 0) is 19.1 Å². The van der Waals surface area contributed by atoms with Crippen LogP contribution in [0.15, 0.2) is 30.7 Å². The second-order valence-corrected chi connectivity index (χ2v) is 2.63. The summed E-state index contributed by atoms with van der Waals surface area (Å²) in [6.07, 6.45) is 5.35. The number of aryl methyl sites for hydroxylation is 1. The highest BCUT2D eigenvalue weighted by Crippen LogP contribution is 2.11. The van der Waals surface area contributed by atoms with Crippen molar-refractivity contribution in [2.75, 3.05) is 0 Å². The van der Waals surface area contributed by atoms with Gasteiger partial charge in [-0.3, -0.25) is 4.98 Å². The van der Waals surface area contributed by atoms with Crippen LogP contribution < -0.4 is 0 Å². The monoisotopic (exact) mass is 159 g/mol. The lowest BCUT2D eigenvalue weighted by Gasteiger charge is -1.95. The molecule has 0 aliphatic heterocycles. The van der Waals surface area contributed by atoms with Crippen LogP contribution >= 0.6 is 0 Å². The van der Waals surface area contributed by atoms with Gasteiger partial charge in [0.15, 0.2) is 0 Å². The number of hydrogen-bond acceptors (Lipinski definition) is 2. The van der Waals surface area contributed by atoms with Crippen molar-refractivity contribution < 1.29 is 0 Å². The highest BCUT2D eigenvalue weighted by atomic mass is 14.9. The molecule has 1 N–H and O–H groups in total. The Balaban J connectivity index is 2.43. The van der Waals surface area contributed by atoms with E-state index in [4.69, 9.17) is 0 Å². The first-order valence-corrected chi connectivity index (χ1v) is 3.78. The number of rotatable bonds is 1. The standard InChI is InChI=1S/C9H9N3/c1-7-2-3-8(6-12-7)9-10-4-5-11-9/h2-6H,1H3,(H,10,11). The normalized spacial score (nSPS) is 10.1. The van der Waals surface area contributed by atoms with Crippen molar-refractivity contribution in [1.82, 2.24) is 15.0 Å². The molecule has 0 amide bonds. The molecule has 60 valence electrons. The highest BCUT2D eigenvalue weighted by molar-refractivity contribution is 5.52. The summed E-state index contributed by atoms with van der Waals surface area (Å²) in [4.78, 5) is 11.3. The lowest BCUT2D eigenvalue weighted by Crippen LogP contribution is -1.83. The predicted molar refractivity (Wildman–Crippen MR) is 46.6 cm³/mol. The van der Waals surface area contributed by atoms with Crippen LogP contribution in [0.1, 0.15) is 5.69 Å². The molecule has 2 aromatic heterocycles. The summed E-state index contributed by atoms with van der Waals surface area (Å²) in [6.45, 7) is 1.96. The molecular weight excluding hydrogens is 150 g/mol. The van der Waals surface area contributed by atoms with E-state index in [1.54, 1.807) is 12.4 Å². The molecule has 0 atom stereocenters. The Hall–Kier alpha value is -1.64. The van der Waals surface area contributed by atoms with Gasteiger partial charge in [-0.1, -0.05) is 0 Å². The summed E-state index contributed by atoms with van der Waals surface area (Å²) in [5.74, 6) is 0.863. The van der Waals surface area contributed by atoms with E-state index in [-0.39, 0.29) is 0 Å².